The molecule has 0 aliphatic carbocycles. The number of piperidine rings is 1. The molecule has 140 valence electrons. The van der Waals surface area contributed by atoms with E-state index in [2.05, 4.69) is 29.4 Å². The fraction of sp³-hybridized carbons (Fsp3) is 0.684. The van der Waals surface area contributed by atoms with Gasteiger partial charge in [0.2, 0.25) is 5.91 Å². The van der Waals surface area contributed by atoms with E-state index < -0.39 is 6.04 Å². The van der Waals surface area contributed by atoms with Gasteiger partial charge in [0.1, 0.15) is 6.04 Å². The van der Waals surface area contributed by atoms with Crippen molar-refractivity contribution in [2.45, 2.75) is 52.6 Å². The predicted molar refractivity (Wildman–Crippen MR) is 97.2 cm³/mol. The van der Waals surface area contributed by atoms with Crippen molar-refractivity contribution < 1.29 is 14.0 Å². The molecule has 2 N–H and O–H groups in total. The molecular formula is C19H31N3O3. The van der Waals surface area contributed by atoms with Gasteiger partial charge < -0.3 is 20.0 Å². The first-order valence-corrected chi connectivity index (χ1v) is 9.24. The third kappa shape index (κ3) is 5.59. The van der Waals surface area contributed by atoms with E-state index in [0.717, 1.165) is 19.5 Å². The number of nitrogens with one attached hydrogen (secondary N) is 2. The zero-order chi connectivity index (χ0) is 18.4. The Hall–Kier alpha value is -1.82. The lowest BCUT2D eigenvalue weighted by Crippen LogP contribution is -2.51. The molecule has 2 heterocycles. The van der Waals surface area contributed by atoms with Crippen molar-refractivity contribution in [2.75, 3.05) is 19.6 Å². The molecule has 6 nitrogen and oxygen atoms in total. The normalized spacial score (nSPS) is 19.8. The number of carbonyl (C=O) groups is 2. The molecule has 1 aromatic heterocycles. The fourth-order valence-electron chi connectivity index (χ4n) is 3.24. The minimum atomic E-state index is -0.567. The minimum absolute atomic E-state index is 0.00238. The molecule has 0 bridgehead atoms. The molecule has 0 radical (unpaired) electrons. The van der Waals surface area contributed by atoms with E-state index in [4.69, 9.17) is 4.42 Å². The molecule has 0 aromatic carbocycles. The number of rotatable bonds is 7. The second kappa shape index (κ2) is 9.04. The van der Waals surface area contributed by atoms with Gasteiger partial charge in [0.05, 0.1) is 6.26 Å². The Labute approximate surface area is 150 Å². The smallest absolute Gasteiger partial charge is 0.287 e. The highest BCUT2D eigenvalue weighted by Crippen LogP contribution is 2.18. The summed E-state index contributed by atoms with van der Waals surface area (Å²) in [4.78, 5) is 27.2. The molecule has 0 saturated carbocycles. The van der Waals surface area contributed by atoms with Crippen LogP contribution in [0.1, 0.15) is 51.1 Å². The van der Waals surface area contributed by atoms with Crippen LogP contribution in [0.5, 0.6) is 0 Å². The zero-order valence-electron chi connectivity index (χ0n) is 15.7. The second-order valence-corrected chi connectivity index (χ2v) is 7.51. The number of amides is 2. The van der Waals surface area contributed by atoms with Crippen molar-refractivity contribution in [2.24, 2.45) is 11.8 Å². The Morgan fingerprint density at radius 2 is 2.08 bits per heavy atom. The Bertz CT molecular complexity index is 554. The highest BCUT2D eigenvalue weighted by molar-refractivity contribution is 5.95. The molecule has 2 rings (SSSR count). The van der Waals surface area contributed by atoms with E-state index in [0.29, 0.717) is 18.5 Å². The Balaban J connectivity index is 1.86. The van der Waals surface area contributed by atoms with Crippen molar-refractivity contribution in [1.29, 1.82) is 0 Å². The summed E-state index contributed by atoms with van der Waals surface area (Å²) < 4.78 is 5.10. The first kappa shape index (κ1) is 19.5. The number of furan rings is 1. The third-order valence-corrected chi connectivity index (χ3v) is 4.83. The van der Waals surface area contributed by atoms with Gasteiger partial charge in [0, 0.05) is 19.1 Å². The maximum atomic E-state index is 12.6. The van der Waals surface area contributed by atoms with E-state index in [1.54, 1.807) is 12.1 Å². The molecule has 25 heavy (non-hydrogen) atoms. The summed E-state index contributed by atoms with van der Waals surface area (Å²) >= 11 is 0. The zero-order valence-corrected chi connectivity index (χ0v) is 15.7. The van der Waals surface area contributed by atoms with Gasteiger partial charge in [-0.2, -0.15) is 0 Å². The second-order valence-electron chi connectivity index (χ2n) is 7.51. The van der Waals surface area contributed by atoms with E-state index in [-0.39, 0.29) is 23.5 Å². The molecule has 2 amide bonds. The molecule has 1 aliphatic heterocycles. The van der Waals surface area contributed by atoms with Crippen molar-refractivity contribution in [1.82, 2.24) is 15.5 Å². The Morgan fingerprint density at radius 1 is 1.32 bits per heavy atom. The van der Waals surface area contributed by atoms with Gasteiger partial charge in [-0.3, -0.25) is 9.59 Å². The molecule has 1 aromatic rings. The summed E-state index contributed by atoms with van der Waals surface area (Å²) in [6, 6.07) is 3.22. The quantitative estimate of drug-likeness (QED) is 0.792. The van der Waals surface area contributed by atoms with Crippen LogP contribution in [0.4, 0.5) is 0 Å². The van der Waals surface area contributed by atoms with E-state index in [1.165, 1.54) is 12.7 Å². The monoisotopic (exact) mass is 349 g/mol. The van der Waals surface area contributed by atoms with Crippen molar-refractivity contribution in [3.05, 3.63) is 24.2 Å². The topological polar surface area (TPSA) is 74.6 Å². The van der Waals surface area contributed by atoms with Crippen LogP contribution in [-0.2, 0) is 4.79 Å². The van der Waals surface area contributed by atoms with E-state index in [9.17, 15) is 9.59 Å². The maximum absolute atomic E-state index is 12.6. The van der Waals surface area contributed by atoms with Crippen LogP contribution < -0.4 is 10.6 Å². The van der Waals surface area contributed by atoms with Crippen LogP contribution >= 0.6 is 0 Å². The molecule has 1 saturated heterocycles. The molecule has 1 fully saturated rings. The number of carbonyl (C=O) groups excluding carboxylic acids is 2. The van der Waals surface area contributed by atoms with Gasteiger partial charge in [-0.25, -0.2) is 0 Å². The van der Waals surface area contributed by atoms with E-state index in [1.807, 2.05) is 13.8 Å². The van der Waals surface area contributed by atoms with Crippen molar-refractivity contribution in [3.8, 4) is 0 Å². The van der Waals surface area contributed by atoms with Crippen molar-refractivity contribution in [3.63, 3.8) is 0 Å². The summed E-state index contributed by atoms with van der Waals surface area (Å²) in [5, 5.41) is 5.81. The molecular weight excluding hydrogens is 318 g/mol. The highest BCUT2D eigenvalue weighted by Gasteiger charge is 2.27. The maximum Gasteiger partial charge on any atom is 0.287 e. The van der Waals surface area contributed by atoms with Gasteiger partial charge >= 0.3 is 0 Å². The average Bonchev–Trinajstić information content (AvgIpc) is 3.12. The summed E-state index contributed by atoms with van der Waals surface area (Å²) in [7, 11) is 0. The molecule has 6 heteroatoms. The lowest BCUT2D eigenvalue weighted by Gasteiger charge is -2.35. The molecule has 2 atom stereocenters. The van der Waals surface area contributed by atoms with Gasteiger partial charge in [0.25, 0.3) is 5.91 Å². The van der Waals surface area contributed by atoms with Gasteiger partial charge in [0.15, 0.2) is 5.76 Å². The fourth-order valence-corrected chi connectivity index (χ4v) is 3.24. The SMILES string of the molecule is CC(C)[C@@H](NC(=O)c1ccco1)C(=O)NC[C@@H]1CCCN(C(C)C)C1. The molecule has 1 aliphatic rings. The lowest BCUT2D eigenvalue weighted by atomic mass is 9.96. The van der Waals surface area contributed by atoms with Crippen LogP contribution in [0.25, 0.3) is 0 Å². The number of hydrogen-bond acceptors (Lipinski definition) is 4. The standard InChI is InChI=1S/C19H31N3O3/c1-13(2)17(21-18(23)16-8-6-10-25-16)19(24)20-11-15-7-5-9-22(12-15)14(3)4/h6,8,10,13-15,17H,5,7,9,11-12H2,1-4H3,(H,20,24)(H,21,23)/t15-,17+/m0/s1. The van der Waals surface area contributed by atoms with Crippen LogP contribution in [0.15, 0.2) is 22.8 Å². The Morgan fingerprint density at radius 3 is 2.68 bits per heavy atom. The molecule has 0 spiro atoms. The van der Waals surface area contributed by atoms with Crippen LogP contribution in [0, 0.1) is 11.8 Å². The summed E-state index contributed by atoms with van der Waals surface area (Å²) in [6.07, 6.45) is 3.75. The average molecular weight is 349 g/mol. The summed E-state index contributed by atoms with van der Waals surface area (Å²) in [6.45, 7) is 11.1. The van der Waals surface area contributed by atoms with Gasteiger partial charge in [-0.15, -0.1) is 0 Å². The number of nitrogens with zero attached hydrogens (tertiary/aromatic N) is 1. The molecule has 0 unspecified atom stereocenters. The van der Waals surface area contributed by atoms with Crippen LogP contribution in [-0.4, -0.2) is 48.4 Å². The minimum Gasteiger partial charge on any atom is -0.459 e. The summed E-state index contributed by atoms with van der Waals surface area (Å²) in [5.41, 5.74) is 0. The summed E-state index contributed by atoms with van der Waals surface area (Å²) in [5.74, 6) is 0.198. The predicted octanol–water partition coefficient (Wildman–Crippen LogP) is 2.27. The van der Waals surface area contributed by atoms with Gasteiger partial charge in [-0.1, -0.05) is 13.8 Å². The lowest BCUT2D eigenvalue weighted by molar-refractivity contribution is -0.124. The Kier molecular flexibility index (Phi) is 7.05. The van der Waals surface area contributed by atoms with Gasteiger partial charge in [-0.05, 0) is 57.2 Å². The van der Waals surface area contributed by atoms with Crippen LogP contribution in [0.2, 0.25) is 0 Å². The van der Waals surface area contributed by atoms with Crippen LogP contribution in [0.3, 0.4) is 0 Å². The van der Waals surface area contributed by atoms with E-state index >= 15 is 0 Å². The number of likely N-dealkylation sites (tertiary alicyclic amines) is 1. The first-order valence-electron chi connectivity index (χ1n) is 9.24. The number of hydrogen-bond donors (Lipinski definition) is 2. The largest absolute Gasteiger partial charge is 0.459 e. The third-order valence-electron chi connectivity index (χ3n) is 4.83. The first-order chi connectivity index (χ1) is 11.9. The highest BCUT2D eigenvalue weighted by atomic mass is 16.3. The van der Waals surface area contributed by atoms with Crippen molar-refractivity contribution >= 4 is 11.8 Å².